The number of rotatable bonds is 5. The first-order chi connectivity index (χ1) is 14.1. The second-order valence-corrected chi connectivity index (χ2v) is 7.09. The standard InChI is InChI=1S/C24H24N2O3/c1-16-11-13-17(14-12-16)15-26-23(19-8-6-10-21(28-2)22(19)29-3)25-20-9-5-4-7-18(20)24(26)27/h4-14,23,25H,15H2,1-3H3/t23-/m1/s1. The molecule has 3 aromatic carbocycles. The van der Waals surface area contributed by atoms with Crippen LogP contribution in [0.1, 0.15) is 33.2 Å². The van der Waals surface area contributed by atoms with E-state index in [1.54, 1.807) is 14.2 Å². The number of hydrogen-bond acceptors (Lipinski definition) is 4. The third-order valence-corrected chi connectivity index (χ3v) is 5.22. The molecular weight excluding hydrogens is 364 g/mol. The van der Waals surface area contributed by atoms with Crippen LogP contribution in [-0.4, -0.2) is 25.0 Å². The molecule has 5 heteroatoms. The Morgan fingerprint density at radius 2 is 1.69 bits per heavy atom. The summed E-state index contributed by atoms with van der Waals surface area (Å²) in [5.74, 6) is 1.23. The Kier molecular flexibility index (Phi) is 5.12. The van der Waals surface area contributed by atoms with Crippen molar-refractivity contribution in [3.8, 4) is 11.5 Å². The van der Waals surface area contributed by atoms with E-state index in [1.165, 1.54) is 5.56 Å². The number of benzene rings is 3. The van der Waals surface area contributed by atoms with Crippen molar-refractivity contribution >= 4 is 11.6 Å². The van der Waals surface area contributed by atoms with Crippen molar-refractivity contribution in [3.63, 3.8) is 0 Å². The van der Waals surface area contributed by atoms with Gasteiger partial charge in [-0.15, -0.1) is 0 Å². The van der Waals surface area contributed by atoms with E-state index in [9.17, 15) is 4.79 Å². The number of carbonyl (C=O) groups is 1. The highest BCUT2D eigenvalue weighted by Crippen LogP contribution is 2.41. The summed E-state index contributed by atoms with van der Waals surface area (Å²) in [6, 6.07) is 21.6. The molecule has 0 fully saturated rings. The van der Waals surface area contributed by atoms with Gasteiger partial charge >= 0.3 is 0 Å². The van der Waals surface area contributed by atoms with Crippen LogP contribution in [0, 0.1) is 6.92 Å². The van der Waals surface area contributed by atoms with Crippen molar-refractivity contribution in [2.24, 2.45) is 0 Å². The average Bonchev–Trinajstić information content (AvgIpc) is 2.76. The zero-order valence-corrected chi connectivity index (χ0v) is 16.8. The maximum Gasteiger partial charge on any atom is 0.258 e. The number of nitrogens with zero attached hydrogens (tertiary/aromatic N) is 1. The van der Waals surface area contributed by atoms with E-state index in [0.717, 1.165) is 16.8 Å². The fraction of sp³-hybridized carbons (Fsp3) is 0.208. The van der Waals surface area contributed by atoms with Crippen molar-refractivity contribution in [2.75, 3.05) is 19.5 Å². The molecule has 0 radical (unpaired) electrons. The van der Waals surface area contributed by atoms with Crippen LogP contribution in [0.3, 0.4) is 0 Å². The van der Waals surface area contributed by atoms with Crippen LogP contribution < -0.4 is 14.8 Å². The lowest BCUT2D eigenvalue weighted by Gasteiger charge is -2.38. The highest BCUT2D eigenvalue weighted by atomic mass is 16.5. The summed E-state index contributed by atoms with van der Waals surface area (Å²) in [5, 5.41) is 3.52. The lowest BCUT2D eigenvalue weighted by atomic mass is 10.0. The number of para-hydroxylation sites is 2. The van der Waals surface area contributed by atoms with Gasteiger partial charge in [-0.2, -0.15) is 0 Å². The van der Waals surface area contributed by atoms with Crippen molar-refractivity contribution < 1.29 is 14.3 Å². The molecule has 1 N–H and O–H groups in total. The van der Waals surface area contributed by atoms with Gasteiger partial charge in [0.05, 0.1) is 19.8 Å². The molecule has 3 aromatic rings. The number of ether oxygens (including phenoxy) is 2. The number of fused-ring (bicyclic) bond motifs is 1. The van der Waals surface area contributed by atoms with Crippen LogP contribution in [0.15, 0.2) is 66.7 Å². The van der Waals surface area contributed by atoms with Gasteiger partial charge in [0, 0.05) is 17.8 Å². The highest BCUT2D eigenvalue weighted by molar-refractivity contribution is 6.01. The first-order valence-electron chi connectivity index (χ1n) is 9.55. The van der Waals surface area contributed by atoms with Crippen molar-refractivity contribution in [1.29, 1.82) is 0 Å². The zero-order valence-electron chi connectivity index (χ0n) is 16.8. The van der Waals surface area contributed by atoms with Crippen LogP contribution in [-0.2, 0) is 6.54 Å². The number of amides is 1. The minimum absolute atomic E-state index is 0.0187. The third-order valence-electron chi connectivity index (χ3n) is 5.22. The number of aryl methyl sites for hydroxylation is 1. The maximum atomic E-state index is 13.4. The third kappa shape index (κ3) is 3.51. The van der Waals surface area contributed by atoms with Crippen molar-refractivity contribution in [2.45, 2.75) is 19.6 Å². The Morgan fingerprint density at radius 1 is 0.931 bits per heavy atom. The van der Waals surface area contributed by atoms with Crippen LogP contribution in [0.5, 0.6) is 11.5 Å². The SMILES string of the molecule is COc1cccc([C@@H]2Nc3ccccc3C(=O)N2Cc2ccc(C)cc2)c1OC. The predicted octanol–water partition coefficient (Wildman–Crippen LogP) is 4.78. The molecule has 0 saturated carbocycles. The van der Waals surface area contributed by atoms with Gasteiger partial charge < -0.3 is 19.7 Å². The molecule has 0 saturated heterocycles. The van der Waals surface area contributed by atoms with E-state index in [-0.39, 0.29) is 12.1 Å². The van der Waals surface area contributed by atoms with Gasteiger partial charge in [-0.1, -0.05) is 54.1 Å². The van der Waals surface area contributed by atoms with Crippen LogP contribution >= 0.6 is 0 Å². The van der Waals surface area contributed by atoms with Gasteiger partial charge in [-0.3, -0.25) is 4.79 Å². The molecule has 0 aliphatic carbocycles. The normalized spacial score (nSPS) is 15.5. The summed E-state index contributed by atoms with van der Waals surface area (Å²) in [6.45, 7) is 2.53. The molecule has 4 rings (SSSR count). The minimum Gasteiger partial charge on any atom is -0.493 e. The molecule has 1 heterocycles. The summed E-state index contributed by atoms with van der Waals surface area (Å²) in [6.07, 6.45) is -0.385. The van der Waals surface area contributed by atoms with Crippen LogP contribution in [0.4, 0.5) is 5.69 Å². The second-order valence-electron chi connectivity index (χ2n) is 7.09. The molecule has 5 nitrogen and oxygen atoms in total. The van der Waals surface area contributed by atoms with Gasteiger partial charge in [0.1, 0.15) is 6.17 Å². The van der Waals surface area contributed by atoms with Gasteiger partial charge in [0.2, 0.25) is 0 Å². The average molecular weight is 388 g/mol. The molecule has 0 spiro atoms. The second kappa shape index (κ2) is 7.87. The summed E-state index contributed by atoms with van der Waals surface area (Å²) in [7, 11) is 3.23. The van der Waals surface area contributed by atoms with Crippen molar-refractivity contribution in [1.82, 2.24) is 4.90 Å². The number of methoxy groups -OCH3 is 2. The van der Waals surface area contributed by atoms with Gasteiger partial charge in [0.25, 0.3) is 5.91 Å². The van der Waals surface area contributed by atoms with E-state index >= 15 is 0 Å². The van der Waals surface area contributed by atoms with Crippen LogP contribution in [0.2, 0.25) is 0 Å². The lowest BCUT2D eigenvalue weighted by molar-refractivity contribution is 0.0664. The quantitative estimate of drug-likeness (QED) is 0.683. The Labute approximate surface area is 170 Å². The Balaban J connectivity index is 1.81. The monoisotopic (exact) mass is 388 g/mol. The molecule has 29 heavy (non-hydrogen) atoms. The number of hydrogen-bond donors (Lipinski definition) is 1. The van der Waals surface area contributed by atoms with Crippen molar-refractivity contribution in [3.05, 3.63) is 89.0 Å². The van der Waals surface area contributed by atoms with Crippen LogP contribution in [0.25, 0.3) is 0 Å². The largest absolute Gasteiger partial charge is 0.493 e. The molecule has 1 atom stereocenters. The van der Waals surface area contributed by atoms with Gasteiger partial charge in [0.15, 0.2) is 11.5 Å². The van der Waals surface area contributed by atoms with E-state index in [1.807, 2.05) is 47.4 Å². The number of nitrogens with one attached hydrogen (secondary N) is 1. The van der Waals surface area contributed by atoms with E-state index in [4.69, 9.17) is 9.47 Å². The topological polar surface area (TPSA) is 50.8 Å². The zero-order chi connectivity index (χ0) is 20.4. The molecule has 1 amide bonds. The molecular formula is C24H24N2O3. The summed E-state index contributed by atoms with van der Waals surface area (Å²) >= 11 is 0. The lowest BCUT2D eigenvalue weighted by Crippen LogP contribution is -2.42. The summed E-state index contributed by atoms with van der Waals surface area (Å²) in [5.41, 5.74) is 4.58. The number of carbonyl (C=O) groups excluding carboxylic acids is 1. The number of anilines is 1. The van der Waals surface area contributed by atoms with E-state index in [0.29, 0.717) is 23.6 Å². The Bertz CT molecular complexity index is 1030. The van der Waals surface area contributed by atoms with E-state index in [2.05, 4.69) is 36.5 Å². The predicted molar refractivity (Wildman–Crippen MR) is 113 cm³/mol. The molecule has 0 unspecified atom stereocenters. The maximum absolute atomic E-state index is 13.4. The minimum atomic E-state index is -0.385. The molecule has 0 aromatic heterocycles. The van der Waals surface area contributed by atoms with E-state index < -0.39 is 0 Å². The highest BCUT2D eigenvalue weighted by Gasteiger charge is 2.35. The Hall–Kier alpha value is -3.47. The summed E-state index contributed by atoms with van der Waals surface area (Å²) in [4.78, 5) is 15.3. The molecule has 1 aliphatic rings. The summed E-state index contributed by atoms with van der Waals surface area (Å²) < 4.78 is 11.1. The molecule has 148 valence electrons. The first-order valence-corrected chi connectivity index (χ1v) is 9.55. The Morgan fingerprint density at radius 3 is 2.41 bits per heavy atom. The van der Waals surface area contributed by atoms with Gasteiger partial charge in [-0.25, -0.2) is 0 Å². The fourth-order valence-electron chi connectivity index (χ4n) is 3.72. The molecule has 1 aliphatic heterocycles. The van der Waals surface area contributed by atoms with Gasteiger partial charge in [-0.05, 0) is 30.7 Å². The smallest absolute Gasteiger partial charge is 0.258 e. The molecule has 0 bridgehead atoms. The fourth-order valence-corrected chi connectivity index (χ4v) is 3.72. The first kappa shape index (κ1) is 18.9.